The number of likely N-dealkylation sites (tertiary alicyclic amines) is 1. The minimum Gasteiger partial charge on any atom is -0.380 e. The van der Waals surface area contributed by atoms with E-state index in [1.54, 1.807) is 19.1 Å². The van der Waals surface area contributed by atoms with Crippen molar-refractivity contribution in [3.63, 3.8) is 0 Å². The molecule has 2 unspecified atom stereocenters. The fourth-order valence-electron chi connectivity index (χ4n) is 2.53. The van der Waals surface area contributed by atoms with E-state index in [9.17, 15) is 8.42 Å². The monoisotopic (exact) mass is 282 g/mol. The van der Waals surface area contributed by atoms with Gasteiger partial charge in [0, 0.05) is 18.6 Å². The summed E-state index contributed by atoms with van der Waals surface area (Å²) in [7, 11) is -1.08. The quantitative estimate of drug-likeness (QED) is 0.917. The number of benzene rings is 1. The Bertz CT molecular complexity index is 532. The molecule has 1 heterocycles. The second-order valence-electron chi connectivity index (χ2n) is 5.27. The largest absolute Gasteiger partial charge is 0.380 e. The number of anilines is 1. The lowest BCUT2D eigenvalue weighted by molar-refractivity contribution is 0.330. The third-order valence-corrected chi connectivity index (χ3v) is 5.63. The Morgan fingerprint density at radius 3 is 2.63 bits per heavy atom. The van der Waals surface area contributed by atoms with Gasteiger partial charge in [-0.15, -0.1) is 0 Å². The van der Waals surface area contributed by atoms with Gasteiger partial charge < -0.3 is 10.2 Å². The SMILES string of the molecule is CCS(=O)(=O)c1ccccc1NC1CC(C)N(C)C1. The van der Waals surface area contributed by atoms with Gasteiger partial charge in [-0.1, -0.05) is 19.1 Å². The first-order chi connectivity index (χ1) is 8.94. The second-order valence-corrected chi connectivity index (χ2v) is 7.51. The highest BCUT2D eigenvalue weighted by molar-refractivity contribution is 7.91. The first kappa shape index (κ1) is 14.3. The van der Waals surface area contributed by atoms with Crippen molar-refractivity contribution in [1.82, 2.24) is 4.90 Å². The van der Waals surface area contributed by atoms with Crippen LogP contribution in [0.3, 0.4) is 0 Å². The van der Waals surface area contributed by atoms with Gasteiger partial charge in [-0.05, 0) is 32.5 Å². The smallest absolute Gasteiger partial charge is 0.180 e. The van der Waals surface area contributed by atoms with Crippen LogP contribution >= 0.6 is 0 Å². The summed E-state index contributed by atoms with van der Waals surface area (Å²) in [4.78, 5) is 2.70. The number of likely N-dealkylation sites (N-methyl/N-ethyl adjacent to an activating group) is 1. The van der Waals surface area contributed by atoms with Crippen LogP contribution in [0.2, 0.25) is 0 Å². The standard InChI is InChI=1S/C14H22N2O2S/c1-4-19(17,18)14-8-6-5-7-13(14)15-12-9-11(2)16(3)10-12/h5-8,11-12,15H,4,9-10H2,1-3H3. The third-order valence-electron chi connectivity index (χ3n) is 3.85. The van der Waals surface area contributed by atoms with Gasteiger partial charge in [0.1, 0.15) is 0 Å². The molecule has 0 bridgehead atoms. The molecule has 0 aliphatic carbocycles. The summed E-state index contributed by atoms with van der Waals surface area (Å²) in [6, 6.07) is 8.03. The van der Waals surface area contributed by atoms with Crippen LogP contribution in [0, 0.1) is 0 Å². The van der Waals surface area contributed by atoms with Crippen molar-refractivity contribution in [2.24, 2.45) is 0 Å². The van der Waals surface area contributed by atoms with E-state index in [0.29, 0.717) is 17.0 Å². The van der Waals surface area contributed by atoms with Crippen LogP contribution in [-0.4, -0.2) is 44.7 Å². The molecule has 0 amide bonds. The molecule has 4 nitrogen and oxygen atoms in total. The van der Waals surface area contributed by atoms with Crippen molar-refractivity contribution in [2.75, 3.05) is 24.7 Å². The predicted octanol–water partition coefficient (Wildman–Crippen LogP) is 1.98. The minimum atomic E-state index is -3.17. The topological polar surface area (TPSA) is 49.4 Å². The molecule has 5 heteroatoms. The van der Waals surface area contributed by atoms with Crippen LogP contribution in [0.25, 0.3) is 0 Å². The molecule has 0 saturated carbocycles. The molecule has 1 fully saturated rings. The number of sulfone groups is 1. The lowest BCUT2D eigenvalue weighted by Gasteiger charge is -2.17. The van der Waals surface area contributed by atoms with Crippen LogP contribution in [0.1, 0.15) is 20.3 Å². The molecule has 106 valence electrons. The molecule has 1 aromatic rings. The summed E-state index contributed by atoms with van der Waals surface area (Å²) in [6.07, 6.45) is 1.04. The summed E-state index contributed by atoms with van der Waals surface area (Å²) in [6.45, 7) is 4.82. The maximum atomic E-state index is 12.1. The van der Waals surface area contributed by atoms with E-state index in [4.69, 9.17) is 0 Å². The molecule has 1 saturated heterocycles. The van der Waals surface area contributed by atoms with Crippen LogP contribution < -0.4 is 5.32 Å². The summed E-state index contributed by atoms with van der Waals surface area (Å²) in [5.41, 5.74) is 0.733. The fourth-order valence-corrected chi connectivity index (χ4v) is 3.59. The molecule has 0 radical (unpaired) electrons. The van der Waals surface area contributed by atoms with Crippen LogP contribution in [0.4, 0.5) is 5.69 Å². The molecule has 1 N–H and O–H groups in total. The minimum absolute atomic E-state index is 0.132. The van der Waals surface area contributed by atoms with E-state index < -0.39 is 9.84 Å². The molecule has 19 heavy (non-hydrogen) atoms. The Labute approximate surface area is 115 Å². The average Bonchev–Trinajstić information content (AvgIpc) is 2.69. The van der Waals surface area contributed by atoms with E-state index in [-0.39, 0.29) is 5.75 Å². The summed E-state index contributed by atoms with van der Waals surface area (Å²) in [5.74, 6) is 0.132. The highest BCUT2D eigenvalue weighted by atomic mass is 32.2. The van der Waals surface area contributed by atoms with Crippen molar-refractivity contribution >= 4 is 15.5 Å². The normalized spacial score (nSPS) is 24.6. The van der Waals surface area contributed by atoms with Gasteiger partial charge in [-0.3, -0.25) is 0 Å². The van der Waals surface area contributed by atoms with E-state index >= 15 is 0 Å². The van der Waals surface area contributed by atoms with Crippen molar-refractivity contribution in [2.45, 2.75) is 37.2 Å². The first-order valence-corrected chi connectivity index (χ1v) is 8.38. The van der Waals surface area contributed by atoms with E-state index in [1.807, 2.05) is 12.1 Å². The molecule has 2 rings (SSSR count). The zero-order valence-corrected chi connectivity index (χ0v) is 12.6. The number of para-hydroxylation sites is 1. The van der Waals surface area contributed by atoms with Crippen LogP contribution in [0.15, 0.2) is 29.2 Å². The Balaban J connectivity index is 2.22. The Kier molecular flexibility index (Phi) is 4.16. The van der Waals surface area contributed by atoms with Crippen molar-refractivity contribution in [1.29, 1.82) is 0 Å². The highest BCUT2D eigenvalue weighted by Crippen LogP contribution is 2.25. The van der Waals surface area contributed by atoms with E-state index in [1.165, 1.54) is 0 Å². The van der Waals surface area contributed by atoms with Crippen LogP contribution in [-0.2, 0) is 9.84 Å². The molecule has 1 aliphatic heterocycles. The predicted molar refractivity (Wildman–Crippen MR) is 78.3 cm³/mol. The second kappa shape index (κ2) is 5.51. The maximum Gasteiger partial charge on any atom is 0.180 e. The van der Waals surface area contributed by atoms with Crippen molar-refractivity contribution in [3.8, 4) is 0 Å². The lowest BCUT2D eigenvalue weighted by Crippen LogP contribution is -2.25. The first-order valence-electron chi connectivity index (χ1n) is 6.72. The third kappa shape index (κ3) is 3.09. The zero-order valence-electron chi connectivity index (χ0n) is 11.8. The van der Waals surface area contributed by atoms with Gasteiger partial charge >= 0.3 is 0 Å². The molecular formula is C14H22N2O2S. The Morgan fingerprint density at radius 1 is 1.37 bits per heavy atom. The number of rotatable bonds is 4. The van der Waals surface area contributed by atoms with Gasteiger partial charge in [0.2, 0.25) is 0 Å². The molecule has 0 spiro atoms. The summed E-state index contributed by atoms with van der Waals surface area (Å²) in [5, 5.41) is 3.39. The summed E-state index contributed by atoms with van der Waals surface area (Å²) >= 11 is 0. The molecule has 1 aromatic carbocycles. The van der Waals surface area contributed by atoms with Gasteiger partial charge in [0.15, 0.2) is 9.84 Å². The number of nitrogens with one attached hydrogen (secondary N) is 1. The molecule has 1 aliphatic rings. The number of hydrogen-bond donors (Lipinski definition) is 1. The van der Waals surface area contributed by atoms with Gasteiger partial charge in [0.25, 0.3) is 0 Å². The maximum absolute atomic E-state index is 12.1. The zero-order chi connectivity index (χ0) is 14.0. The average molecular weight is 282 g/mol. The van der Waals surface area contributed by atoms with E-state index in [2.05, 4.69) is 24.2 Å². The van der Waals surface area contributed by atoms with Gasteiger partial charge in [0.05, 0.1) is 16.3 Å². The van der Waals surface area contributed by atoms with Crippen LogP contribution in [0.5, 0.6) is 0 Å². The highest BCUT2D eigenvalue weighted by Gasteiger charge is 2.27. The lowest BCUT2D eigenvalue weighted by atomic mass is 10.2. The van der Waals surface area contributed by atoms with Gasteiger partial charge in [-0.25, -0.2) is 8.42 Å². The van der Waals surface area contributed by atoms with Gasteiger partial charge in [-0.2, -0.15) is 0 Å². The molecule has 2 atom stereocenters. The number of hydrogen-bond acceptors (Lipinski definition) is 4. The number of nitrogens with zero attached hydrogens (tertiary/aromatic N) is 1. The van der Waals surface area contributed by atoms with Crippen molar-refractivity contribution < 1.29 is 8.42 Å². The van der Waals surface area contributed by atoms with Crippen molar-refractivity contribution in [3.05, 3.63) is 24.3 Å². The molecular weight excluding hydrogens is 260 g/mol. The Morgan fingerprint density at radius 2 is 2.05 bits per heavy atom. The fraction of sp³-hybridized carbons (Fsp3) is 0.571. The van der Waals surface area contributed by atoms with E-state index in [0.717, 1.165) is 18.7 Å². The Hall–Kier alpha value is -1.07. The summed E-state index contributed by atoms with van der Waals surface area (Å²) < 4.78 is 24.1. The molecule has 0 aromatic heterocycles.